The van der Waals surface area contributed by atoms with Crippen molar-refractivity contribution in [2.45, 2.75) is 26.2 Å². The lowest BCUT2D eigenvalue weighted by Crippen LogP contribution is -2.27. The molecule has 22 heavy (non-hydrogen) atoms. The molecule has 2 fully saturated rings. The van der Waals surface area contributed by atoms with Gasteiger partial charge in [-0.25, -0.2) is 0 Å². The summed E-state index contributed by atoms with van der Waals surface area (Å²) in [6.07, 6.45) is 4.38. The summed E-state index contributed by atoms with van der Waals surface area (Å²) in [5, 5.41) is 0. The molecule has 0 unspecified atom stereocenters. The number of likely N-dealkylation sites (tertiary alicyclic amines) is 1. The third-order valence-corrected chi connectivity index (χ3v) is 4.39. The van der Waals surface area contributed by atoms with E-state index in [4.69, 9.17) is 4.74 Å². The van der Waals surface area contributed by atoms with E-state index in [0.29, 0.717) is 17.2 Å². The van der Waals surface area contributed by atoms with Gasteiger partial charge in [0.2, 0.25) is 5.78 Å². The number of esters is 1. The first kappa shape index (κ1) is 14.8. The highest BCUT2D eigenvalue weighted by atomic mass is 16.5. The van der Waals surface area contributed by atoms with Crippen LogP contribution in [0.15, 0.2) is 12.3 Å². The van der Waals surface area contributed by atoms with E-state index in [1.807, 2.05) is 6.92 Å². The van der Waals surface area contributed by atoms with Crippen molar-refractivity contribution in [1.29, 1.82) is 0 Å². The predicted molar refractivity (Wildman–Crippen MR) is 78.5 cm³/mol. The number of aromatic nitrogens is 1. The predicted octanol–water partition coefficient (Wildman–Crippen LogP) is 1.63. The third-order valence-electron chi connectivity index (χ3n) is 4.39. The highest BCUT2D eigenvalue weighted by Crippen LogP contribution is 2.38. The molecule has 2 heterocycles. The Kier molecular flexibility index (Phi) is 4.00. The van der Waals surface area contributed by atoms with E-state index < -0.39 is 0 Å². The molecule has 1 aliphatic heterocycles. The molecule has 2 atom stereocenters. The molecule has 2 aliphatic rings. The molecule has 0 bridgehead atoms. The van der Waals surface area contributed by atoms with Crippen LogP contribution < -0.4 is 0 Å². The lowest BCUT2D eigenvalue weighted by Gasteiger charge is -2.13. The molecule has 6 heteroatoms. The van der Waals surface area contributed by atoms with Gasteiger partial charge in [0, 0.05) is 24.8 Å². The zero-order valence-electron chi connectivity index (χ0n) is 12.6. The van der Waals surface area contributed by atoms with Crippen molar-refractivity contribution in [2.75, 3.05) is 19.7 Å². The molecule has 6 nitrogen and oxygen atoms in total. The SMILES string of the molecule is C[C@@H]1C[C@H]1C(=O)OCC(=O)c1c[nH]c(C(=O)N2CCCC2)c1. The molecule has 1 saturated heterocycles. The summed E-state index contributed by atoms with van der Waals surface area (Å²) >= 11 is 0. The summed E-state index contributed by atoms with van der Waals surface area (Å²) in [6, 6.07) is 1.54. The first-order chi connectivity index (χ1) is 10.6. The maximum atomic E-state index is 12.2. The van der Waals surface area contributed by atoms with Crippen LogP contribution in [0, 0.1) is 11.8 Å². The Morgan fingerprint density at radius 1 is 1.32 bits per heavy atom. The Bertz CT molecular complexity index is 601. The van der Waals surface area contributed by atoms with Crippen LogP contribution in [0.25, 0.3) is 0 Å². The molecule has 0 aromatic carbocycles. The average Bonchev–Trinajstić information content (AvgIpc) is 2.97. The molecule has 1 saturated carbocycles. The van der Waals surface area contributed by atoms with Crippen LogP contribution in [0.2, 0.25) is 0 Å². The van der Waals surface area contributed by atoms with Crippen LogP contribution in [0.5, 0.6) is 0 Å². The summed E-state index contributed by atoms with van der Waals surface area (Å²) in [7, 11) is 0. The molecule has 1 N–H and O–H groups in total. The fraction of sp³-hybridized carbons (Fsp3) is 0.562. The van der Waals surface area contributed by atoms with Crippen molar-refractivity contribution >= 4 is 17.7 Å². The normalized spacial score (nSPS) is 23.4. The first-order valence-electron chi connectivity index (χ1n) is 7.74. The smallest absolute Gasteiger partial charge is 0.309 e. The summed E-state index contributed by atoms with van der Waals surface area (Å²) in [5.41, 5.74) is 0.784. The van der Waals surface area contributed by atoms with Gasteiger partial charge in [-0.1, -0.05) is 6.92 Å². The Morgan fingerprint density at radius 2 is 2.00 bits per heavy atom. The third kappa shape index (κ3) is 3.05. The molecule has 0 spiro atoms. The number of hydrogen-bond donors (Lipinski definition) is 1. The van der Waals surface area contributed by atoms with Crippen LogP contribution in [-0.2, 0) is 9.53 Å². The second-order valence-electron chi connectivity index (χ2n) is 6.15. The van der Waals surface area contributed by atoms with Crippen molar-refractivity contribution in [1.82, 2.24) is 9.88 Å². The van der Waals surface area contributed by atoms with Crippen LogP contribution >= 0.6 is 0 Å². The standard InChI is InChI=1S/C16H20N2O4/c1-10-6-12(10)16(21)22-9-14(19)11-7-13(17-8-11)15(20)18-4-2-3-5-18/h7-8,10,12,17H,2-6,9H2,1H3/t10-,12-/m1/s1. The number of amides is 1. The molecule has 3 rings (SSSR count). The molecule has 1 aromatic heterocycles. The zero-order chi connectivity index (χ0) is 15.7. The summed E-state index contributed by atoms with van der Waals surface area (Å²) in [6.45, 7) is 3.24. The van der Waals surface area contributed by atoms with Crippen LogP contribution in [0.1, 0.15) is 47.0 Å². The van der Waals surface area contributed by atoms with Gasteiger partial charge < -0.3 is 14.6 Å². The van der Waals surface area contributed by atoms with E-state index >= 15 is 0 Å². The number of nitrogens with zero attached hydrogens (tertiary/aromatic N) is 1. The highest BCUT2D eigenvalue weighted by Gasteiger charge is 2.40. The maximum absolute atomic E-state index is 12.2. The highest BCUT2D eigenvalue weighted by molar-refractivity contribution is 6.01. The Hall–Kier alpha value is -2.11. The van der Waals surface area contributed by atoms with Gasteiger partial charge >= 0.3 is 5.97 Å². The summed E-state index contributed by atoms with van der Waals surface area (Å²) in [4.78, 5) is 40.4. The molecular formula is C16H20N2O4. The van der Waals surface area contributed by atoms with E-state index in [1.165, 1.54) is 12.3 Å². The van der Waals surface area contributed by atoms with Gasteiger partial charge in [-0.2, -0.15) is 0 Å². The number of H-pyrrole nitrogens is 1. The van der Waals surface area contributed by atoms with Crippen molar-refractivity contribution in [3.8, 4) is 0 Å². The summed E-state index contributed by atoms with van der Waals surface area (Å²) < 4.78 is 5.02. The fourth-order valence-electron chi connectivity index (χ4n) is 2.75. The van der Waals surface area contributed by atoms with E-state index in [2.05, 4.69) is 4.98 Å². The van der Waals surface area contributed by atoms with E-state index in [-0.39, 0.29) is 30.2 Å². The number of ketones is 1. The molecular weight excluding hydrogens is 284 g/mol. The molecule has 1 aliphatic carbocycles. The summed E-state index contributed by atoms with van der Waals surface area (Å²) in [5.74, 6) is -0.366. The first-order valence-corrected chi connectivity index (χ1v) is 7.74. The minimum Gasteiger partial charge on any atom is -0.457 e. The number of ether oxygens (including phenoxy) is 1. The van der Waals surface area contributed by atoms with Crippen molar-refractivity contribution in [3.63, 3.8) is 0 Å². The van der Waals surface area contributed by atoms with Crippen molar-refractivity contribution in [3.05, 3.63) is 23.5 Å². The van der Waals surface area contributed by atoms with Gasteiger partial charge in [0.05, 0.1) is 5.92 Å². The van der Waals surface area contributed by atoms with E-state index in [0.717, 1.165) is 32.4 Å². The Balaban J connectivity index is 1.54. The molecule has 0 radical (unpaired) electrons. The van der Waals surface area contributed by atoms with E-state index in [1.54, 1.807) is 4.90 Å². The van der Waals surface area contributed by atoms with Crippen LogP contribution in [0.3, 0.4) is 0 Å². The minimum absolute atomic E-state index is 0.0497. The van der Waals surface area contributed by atoms with Crippen LogP contribution in [0.4, 0.5) is 0 Å². The zero-order valence-corrected chi connectivity index (χ0v) is 12.6. The average molecular weight is 304 g/mol. The minimum atomic E-state index is -0.301. The second kappa shape index (κ2) is 5.94. The van der Waals surface area contributed by atoms with Gasteiger partial charge in [0.25, 0.3) is 5.91 Å². The quantitative estimate of drug-likeness (QED) is 0.662. The molecule has 1 aromatic rings. The number of carbonyl (C=O) groups excluding carboxylic acids is 3. The number of rotatable bonds is 5. The van der Waals surface area contributed by atoms with Crippen molar-refractivity contribution in [2.24, 2.45) is 11.8 Å². The Labute approximate surface area is 128 Å². The van der Waals surface area contributed by atoms with Gasteiger partial charge in [-0.15, -0.1) is 0 Å². The van der Waals surface area contributed by atoms with Gasteiger partial charge in [0.1, 0.15) is 5.69 Å². The largest absolute Gasteiger partial charge is 0.457 e. The lowest BCUT2D eigenvalue weighted by molar-refractivity contribution is -0.144. The Morgan fingerprint density at radius 3 is 2.64 bits per heavy atom. The molecule has 118 valence electrons. The van der Waals surface area contributed by atoms with Gasteiger partial charge in [0.15, 0.2) is 6.61 Å². The topological polar surface area (TPSA) is 79.5 Å². The van der Waals surface area contributed by atoms with Gasteiger partial charge in [-0.05, 0) is 31.2 Å². The van der Waals surface area contributed by atoms with Crippen LogP contribution in [-0.4, -0.2) is 47.2 Å². The number of nitrogens with one attached hydrogen (secondary N) is 1. The number of aromatic amines is 1. The lowest BCUT2D eigenvalue weighted by atomic mass is 10.2. The van der Waals surface area contributed by atoms with E-state index in [9.17, 15) is 14.4 Å². The monoisotopic (exact) mass is 304 g/mol. The van der Waals surface area contributed by atoms with Crippen molar-refractivity contribution < 1.29 is 19.1 Å². The molecule has 1 amide bonds. The maximum Gasteiger partial charge on any atom is 0.309 e. The fourth-order valence-corrected chi connectivity index (χ4v) is 2.75. The number of hydrogen-bond acceptors (Lipinski definition) is 4. The number of Topliss-reactive ketones (excluding diaryl/α,β-unsaturated/α-hetero) is 1. The number of carbonyl (C=O) groups is 3. The second-order valence-corrected chi connectivity index (χ2v) is 6.15. The van der Waals surface area contributed by atoms with Gasteiger partial charge in [-0.3, -0.25) is 14.4 Å².